The number of rotatable bonds is 6. The van der Waals surface area contributed by atoms with Gasteiger partial charge in [-0.15, -0.1) is 0 Å². The van der Waals surface area contributed by atoms with Gasteiger partial charge >= 0.3 is 0 Å². The molecule has 1 atom stereocenters. The zero-order valence-corrected chi connectivity index (χ0v) is 19.8. The first-order valence-corrected chi connectivity index (χ1v) is 11.7. The van der Waals surface area contributed by atoms with E-state index in [1.165, 1.54) is 23.8 Å². The predicted octanol–water partition coefficient (Wildman–Crippen LogP) is 5.41. The lowest BCUT2D eigenvalue weighted by Crippen LogP contribution is -2.31. The molecule has 0 saturated carbocycles. The Morgan fingerprint density at radius 1 is 1.09 bits per heavy atom. The SMILES string of the molecule is COc1ccccc1NC(=O)C(C#N)=C1SC(Cc2ccccc2Cl)C(=O)N1c1ccccc1. The molecule has 1 aliphatic heterocycles. The highest BCUT2D eigenvalue weighted by molar-refractivity contribution is 8.05. The number of nitrogens with zero attached hydrogens (tertiary/aromatic N) is 2. The number of carbonyl (C=O) groups is 2. The first kappa shape index (κ1) is 23.4. The minimum absolute atomic E-state index is 0.158. The smallest absolute Gasteiger partial charge is 0.269 e. The van der Waals surface area contributed by atoms with Crippen molar-refractivity contribution in [2.75, 3.05) is 17.3 Å². The number of ether oxygens (including phenoxy) is 1. The van der Waals surface area contributed by atoms with Crippen LogP contribution in [0.5, 0.6) is 5.75 Å². The minimum atomic E-state index is -0.623. The van der Waals surface area contributed by atoms with E-state index >= 15 is 0 Å². The summed E-state index contributed by atoms with van der Waals surface area (Å²) in [6, 6.07) is 25.2. The van der Waals surface area contributed by atoms with Crippen LogP contribution in [0.4, 0.5) is 11.4 Å². The molecule has 0 spiro atoms. The highest BCUT2D eigenvalue weighted by atomic mass is 35.5. The van der Waals surface area contributed by atoms with Crippen LogP contribution in [0.2, 0.25) is 5.02 Å². The third-order valence-electron chi connectivity index (χ3n) is 5.24. The molecule has 8 heteroatoms. The van der Waals surface area contributed by atoms with Crippen LogP contribution >= 0.6 is 23.4 Å². The number of nitrogens with one attached hydrogen (secondary N) is 1. The molecule has 6 nitrogen and oxygen atoms in total. The maximum Gasteiger partial charge on any atom is 0.269 e. The Kier molecular flexibility index (Phi) is 7.21. The van der Waals surface area contributed by atoms with Crippen LogP contribution in [0.1, 0.15) is 5.56 Å². The number of benzene rings is 3. The van der Waals surface area contributed by atoms with Crippen LogP contribution < -0.4 is 15.0 Å². The zero-order valence-electron chi connectivity index (χ0n) is 18.2. The molecule has 4 rings (SSSR count). The largest absolute Gasteiger partial charge is 0.495 e. The molecule has 1 fully saturated rings. The molecule has 34 heavy (non-hydrogen) atoms. The molecule has 1 heterocycles. The van der Waals surface area contributed by atoms with E-state index in [2.05, 4.69) is 5.32 Å². The molecule has 170 valence electrons. The van der Waals surface area contributed by atoms with E-state index in [1.807, 2.05) is 30.3 Å². The summed E-state index contributed by atoms with van der Waals surface area (Å²) in [5.74, 6) is -0.379. The molecular weight excluding hydrogens is 470 g/mol. The number of para-hydroxylation sites is 3. The van der Waals surface area contributed by atoms with Crippen molar-refractivity contribution in [1.82, 2.24) is 0 Å². The second-order valence-electron chi connectivity index (χ2n) is 7.36. The first-order valence-electron chi connectivity index (χ1n) is 10.4. The molecule has 1 unspecified atom stereocenters. The fourth-order valence-corrected chi connectivity index (χ4v) is 5.10. The predicted molar refractivity (Wildman–Crippen MR) is 135 cm³/mol. The molecule has 3 aromatic rings. The summed E-state index contributed by atoms with van der Waals surface area (Å²) in [4.78, 5) is 28.1. The van der Waals surface area contributed by atoms with Crippen molar-refractivity contribution in [2.45, 2.75) is 11.7 Å². The van der Waals surface area contributed by atoms with E-state index in [0.29, 0.717) is 28.6 Å². The molecule has 0 aliphatic carbocycles. The number of amides is 2. The molecule has 1 saturated heterocycles. The third-order valence-corrected chi connectivity index (χ3v) is 6.87. The number of nitriles is 1. The standard InChI is InChI=1S/C26H20ClN3O3S/c1-33-22-14-8-7-13-21(22)29-24(31)19(16-28)26-30(18-10-3-2-4-11-18)25(32)23(34-26)15-17-9-5-6-12-20(17)27/h2-14,23H,15H2,1H3,(H,29,31). The lowest BCUT2D eigenvalue weighted by Gasteiger charge is -2.19. The molecular formula is C26H20ClN3O3S. The van der Waals surface area contributed by atoms with Crippen LogP contribution in [0.15, 0.2) is 89.5 Å². The lowest BCUT2D eigenvalue weighted by atomic mass is 10.1. The molecule has 1 N–H and O–H groups in total. The Hall–Kier alpha value is -3.73. The van der Waals surface area contributed by atoms with Gasteiger partial charge < -0.3 is 10.1 Å². The van der Waals surface area contributed by atoms with Crippen LogP contribution in [-0.2, 0) is 16.0 Å². The van der Waals surface area contributed by atoms with Gasteiger partial charge in [-0.25, -0.2) is 0 Å². The Bertz CT molecular complexity index is 1300. The maximum absolute atomic E-state index is 13.5. The normalized spacial score (nSPS) is 16.7. The topological polar surface area (TPSA) is 82.4 Å². The quantitative estimate of drug-likeness (QED) is 0.369. The molecule has 0 radical (unpaired) electrons. The summed E-state index contributed by atoms with van der Waals surface area (Å²) >= 11 is 7.51. The zero-order chi connectivity index (χ0) is 24.1. The molecule has 0 bridgehead atoms. The van der Waals surface area contributed by atoms with Gasteiger partial charge in [0.15, 0.2) is 0 Å². The van der Waals surface area contributed by atoms with Gasteiger partial charge in [0, 0.05) is 10.7 Å². The molecule has 0 aromatic heterocycles. The van der Waals surface area contributed by atoms with Crippen molar-refractivity contribution in [3.63, 3.8) is 0 Å². The maximum atomic E-state index is 13.5. The lowest BCUT2D eigenvalue weighted by molar-refractivity contribution is -0.117. The Morgan fingerprint density at radius 2 is 1.76 bits per heavy atom. The van der Waals surface area contributed by atoms with E-state index in [4.69, 9.17) is 16.3 Å². The van der Waals surface area contributed by atoms with Crippen molar-refractivity contribution < 1.29 is 14.3 Å². The van der Waals surface area contributed by atoms with Gasteiger partial charge in [0.1, 0.15) is 22.4 Å². The number of methoxy groups -OCH3 is 1. The summed E-state index contributed by atoms with van der Waals surface area (Å²) < 4.78 is 5.29. The highest BCUT2D eigenvalue weighted by Crippen LogP contribution is 2.42. The summed E-state index contributed by atoms with van der Waals surface area (Å²) in [5, 5.41) is 13.0. The van der Waals surface area contributed by atoms with Crippen LogP contribution in [-0.4, -0.2) is 24.2 Å². The fraction of sp³-hybridized carbons (Fsp3) is 0.115. The average molecular weight is 490 g/mol. The molecule has 2 amide bonds. The van der Waals surface area contributed by atoms with Crippen molar-refractivity contribution >= 4 is 46.6 Å². The van der Waals surface area contributed by atoms with Gasteiger partial charge in [-0.3, -0.25) is 14.5 Å². The number of halogens is 1. The van der Waals surface area contributed by atoms with Crippen LogP contribution in [0.3, 0.4) is 0 Å². The number of anilines is 2. The van der Waals surface area contributed by atoms with Gasteiger partial charge in [0.05, 0.1) is 18.0 Å². The van der Waals surface area contributed by atoms with Crippen molar-refractivity contribution in [3.8, 4) is 11.8 Å². The van der Waals surface area contributed by atoms with Crippen molar-refractivity contribution in [3.05, 3.63) is 100 Å². The average Bonchev–Trinajstić information content (AvgIpc) is 3.17. The number of thioether (sulfide) groups is 1. The van der Waals surface area contributed by atoms with E-state index in [-0.39, 0.29) is 16.5 Å². The third kappa shape index (κ3) is 4.79. The van der Waals surface area contributed by atoms with E-state index in [1.54, 1.807) is 54.6 Å². The number of hydrogen-bond donors (Lipinski definition) is 1. The van der Waals surface area contributed by atoms with Crippen molar-refractivity contribution in [2.24, 2.45) is 0 Å². The highest BCUT2D eigenvalue weighted by Gasteiger charge is 2.41. The summed E-state index contributed by atoms with van der Waals surface area (Å²) in [6.07, 6.45) is 0.364. The number of carbonyl (C=O) groups excluding carboxylic acids is 2. The van der Waals surface area contributed by atoms with Gasteiger partial charge in [-0.05, 0) is 42.3 Å². The second-order valence-corrected chi connectivity index (χ2v) is 8.96. The van der Waals surface area contributed by atoms with Crippen molar-refractivity contribution in [1.29, 1.82) is 5.26 Å². The van der Waals surface area contributed by atoms with E-state index in [9.17, 15) is 14.9 Å². The van der Waals surface area contributed by atoms with Gasteiger partial charge in [-0.2, -0.15) is 5.26 Å². The number of hydrogen-bond acceptors (Lipinski definition) is 5. The first-order chi connectivity index (χ1) is 16.5. The molecule has 3 aromatic carbocycles. The molecule has 1 aliphatic rings. The summed E-state index contributed by atoms with van der Waals surface area (Å²) in [7, 11) is 1.50. The van der Waals surface area contributed by atoms with E-state index < -0.39 is 11.2 Å². The van der Waals surface area contributed by atoms with Gasteiger partial charge in [-0.1, -0.05) is 71.9 Å². The minimum Gasteiger partial charge on any atom is -0.495 e. The van der Waals surface area contributed by atoms with Gasteiger partial charge in [0.25, 0.3) is 5.91 Å². The summed E-state index contributed by atoms with van der Waals surface area (Å²) in [5.41, 5.74) is 1.67. The second kappa shape index (κ2) is 10.5. The Labute approximate surface area is 206 Å². The Balaban J connectivity index is 1.73. The van der Waals surface area contributed by atoms with Gasteiger partial charge in [0.2, 0.25) is 5.91 Å². The Morgan fingerprint density at radius 3 is 2.47 bits per heavy atom. The fourth-order valence-electron chi connectivity index (χ4n) is 3.60. The van der Waals surface area contributed by atoms with E-state index in [0.717, 1.165) is 5.56 Å². The monoisotopic (exact) mass is 489 g/mol. The summed E-state index contributed by atoms with van der Waals surface area (Å²) in [6.45, 7) is 0. The van der Waals surface area contributed by atoms with Crippen LogP contribution in [0, 0.1) is 11.3 Å². The van der Waals surface area contributed by atoms with Crippen LogP contribution in [0.25, 0.3) is 0 Å².